The highest BCUT2D eigenvalue weighted by Crippen LogP contribution is 2.22. The molecule has 3 nitrogen and oxygen atoms in total. The van der Waals surface area contributed by atoms with E-state index in [1.54, 1.807) is 11.8 Å². The third kappa shape index (κ3) is 4.71. The highest BCUT2D eigenvalue weighted by molar-refractivity contribution is 9.10. The molecule has 0 bridgehead atoms. The fraction of sp³-hybridized carbons (Fsp3) is 0.375. The van der Waals surface area contributed by atoms with Gasteiger partial charge in [-0.2, -0.15) is 0 Å². The molecule has 2 aromatic rings. The third-order valence-corrected chi connectivity index (χ3v) is 4.77. The second kappa shape index (κ2) is 7.27. The molecule has 0 unspecified atom stereocenters. The Morgan fingerprint density at radius 3 is 2.81 bits per heavy atom. The predicted octanol–water partition coefficient (Wildman–Crippen LogP) is 4.33. The number of aromatic nitrogens is 2. The standard InChI is InChI=1S/C16H19BrN2OS/c1-10(2)7-13-15(17)16(20)19-14(18-13)9-21-12-6-4-5-11(3)8-12/h4-6,8,10H,7,9H2,1-3H3,(H,18,19,20). The average Bonchev–Trinajstić information content (AvgIpc) is 2.41. The van der Waals surface area contributed by atoms with E-state index in [0.717, 1.165) is 17.9 Å². The average molecular weight is 367 g/mol. The van der Waals surface area contributed by atoms with Crippen molar-refractivity contribution in [3.8, 4) is 0 Å². The van der Waals surface area contributed by atoms with Gasteiger partial charge in [0.1, 0.15) is 10.3 Å². The highest BCUT2D eigenvalue weighted by atomic mass is 79.9. The smallest absolute Gasteiger partial charge is 0.265 e. The highest BCUT2D eigenvalue weighted by Gasteiger charge is 2.11. The lowest BCUT2D eigenvalue weighted by Crippen LogP contribution is -2.16. The van der Waals surface area contributed by atoms with Gasteiger partial charge in [-0.05, 0) is 47.3 Å². The Labute approximate surface area is 137 Å². The molecule has 0 aliphatic rings. The van der Waals surface area contributed by atoms with Crippen LogP contribution in [0.4, 0.5) is 0 Å². The fourth-order valence-corrected chi connectivity index (χ4v) is 3.24. The lowest BCUT2D eigenvalue weighted by atomic mass is 10.1. The molecule has 0 spiro atoms. The third-order valence-electron chi connectivity index (χ3n) is 2.95. The van der Waals surface area contributed by atoms with E-state index in [2.05, 4.69) is 64.9 Å². The van der Waals surface area contributed by atoms with Crippen molar-refractivity contribution in [1.82, 2.24) is 9.97 Å². The topological polar surface area (TPSA) is 45.8 Å². The number of aromatic amines is 1. The molecule has 0 amide bonds. The summed E-state index contributed by atoms with van der Waals surface area (Å²) < 4.78 is 0.556. The zero-order chi connectivity index (χ0) is 15.4. The molecular formula is C16H19BrN2OS. The molecule has 1 aromatic carbocycles. The number of nitrogens with one attached hydrogen (secondary N) is 1. The minimum Gasteiger partial charge on any atom is -0.309 e. The molecular weight excluding hydrogens is 348 g/mol. The van der Waals surface area contributed by atoms with Gasteiger partial charge in [-0.25, -0.2) is 4.98 Å². The zero-order valence-corrected chi connectivity index (χ0v) is 14.8. The molecule has 0 saturated carbocycles. The van der Waals surface area contributed by atoms with Crippen molar-refractivity contribution in [3.05, 3.63) is 56.2 Å². The summed E-state index contributed by atoms with van der Waals surface area (Å²) in [5, 5.41) is 0. The maximum absolute atomic E-state index is 12.0. The number of hydrogen-bond donors (Lipinski definition) is 1. The summed E-state index contributed by atoms with van der Waals surface area (Å²) in [6.07, 6.45) is 0.798. The van der Waals surface area contributed by atoms with Crippen molar-refractivity contribution in [2.75, 3.05) is 0 Å². The summed E-state index contributed by atoms with van der Waals surface area (Å²) in [6.45, 7) is 6.32. The molecule has 0 radical (unpaired) electrons. The number of aryl methyl sites for hydroxylation is 1. The van der Waals surface area contributed by atoms with Crippen LogP contribution in [0, 0.1) is 12.8 Å². The van der Waals surface area contributed by atoms with Gasteiger partial charge in [0.15, 0.2) is 0 Å². The van der Waals surface area contributed by atoms with Crippen molar-refractivity contribution in [1.29, 1.82) is 0 Å². The number of hydrogen-bond acceptors (Lipinski definition) is 3. The quantitative estimate of drug-likeness (QED) is 0.800. The van der Waals surface area contributed by atoms with E-state index >= 15 is 0 Å². The van der Waals surface area contributed by atoms with Gasteiger partial charge in [0.2, 0.25) is 0 Å². The Kier molecular flexibility index (Phi) is 5.65. The van der Waals surface area contributed by atoms with Gasteiger partial charge in [0.05, 0.1) is 11.4 Å². The Balaban J connectivity index is 2.17. The zero-order valence-electron chi connectivity index (χ0n) is 12.4. The summed E-state index contributed by atoms with van der Waals surface area (Å²) >= 11 is 5.02. The number of benzene rings is 1. The maximum atomic E-state index is 12.0. The molecule has 0 atom stereocenters. The molecule has 1 heterocycles. The van der Waals surface area contributed by atoms with Crippen LogP contribution < -0.4 is 5.56 Å². The Bertz CT molecular complexity index is 682. The minimum atomic E-state index is -0.0968. The first-order valence-electron chi connectivity index (χ1n) is 6.92. The van der Waals surface area contributed by atoms with Crippen LogP contribution >= 0.6 is 27.7 Å². The van der Waals surface area contributed by atoms with E-state index in [4.69, 9.17) is 0 Å². The summed E-state index contributed by atoms with van der Waals surface area (Å²) in [5.74, 6) is 1.86. The molecule has 5 heteroatoms. The molecule has 0 aliphatic carbocycles. The number of rotatable bonds is 5. The van der Waals surface area contributed by atoms with Crippen LogP contribution in [-0.2, 0) is 12.2 Å². The molecule has 112 valence electrons. The number of H-pyrrole nitrogens is 1. The lowest BCUT2D eigenvalue weighted by Gasteiger charge is -2.09. The Morgan fingerprint density at radius 2 is 2.14 bits per heavy atom. The van der Waals surface area contributed by atoms with E-state index in [1.807, 2.05) is 6.07 Å². The van der Waals surface area contributed by atoms with Crippen LogP contribution in [0.25, 0.3) is 0 Å². The van der Waals surface area contributed by atoms with Crippen LogP contribution in [0.15, 0.2) is 38.4 Å². The summed E-state index contributed by atoms with van der Waals surface area (Å²) in [7, 11) is 0. The molecule has 0 saturated heterocycles. The second-order valence-corrected chi connectivity index (χ2v) is 7.32. The minimum absolute atomic E-state index is 0.0968. The first kappa shape index (κ1) is 16.3. The Hall–Kier alpha value is -1.07. The number of nitrogens with zero attached hydrogens (tertiary/aromatic N) is 1. The van der Waals surface area contributed by atoms with Crippen LogP contribution in [-0.4, -0.2) is 9.97 Å². The summed E-state index contributed by atoms with van der Waals surface area (Å²) in [6, 6.07) is 8.32. The normalized spacial score (nSPS) is 11.1. The molecule has 21 heavy (non-hydrogen) atoms. The van der Waals surface area contributed by atoms with Crippen LogP contribution in [0.2, 0.25) is 0 Å². The van der Waals surface area contributed by atoms with Gasteiger partial charge >= 0.3 is 0 Å². The van der Waals surface area contributed by atoms with E-state index in [1.165, 1.54) is 10.5 Å². The Morgan fingerprint density at radius 1 is 1.38 bits per heavy atom. The van der Waals surface area contributed by atoms with Crippen LogP contribution in [0.3, 0.4) is 0 Å². The van der Waals surface area contributed by atoms with Crippen LogP contribution in [0.5, 0.6) is 0 Å². The van der Waals surface area contributed by atoms with E-state index in [9.17, 15) is 4.79 Å². The van der Waals surface area contributed by atoms with Gasteiger partial charge in [-0.3, -0.25) is 4.79 Å². The van der Waals surface area contributed by atoms with E-state index < -0.39 is 0 Å². The van der Waals surface area contributed by atoms with Gasteiger partial charge in [-0.1, -0.05) is 31.5 Å². The summed E-state index contributed by atoms with van der Waals surface area (Å²) in [4.78, 5) is 20.6. The van der Waals surface area contributed by atoms with Crippen molar-refractivity contribution >= 4 is 27.7 Å². The molecule has 0 aliphatic heterocycles. The molecule has 1 N–H and O–H groups in total. The van der Waals surface area contributed by atoms with Gasteiger partial charge < -0.3 is 4.98 Å². The van der Waals surface area contributed by atoms with Crippen LogP contribution in [0.1, 0.15) is 30.9 Å². The van der Waals surface area contributed by atoms with Gasteiger partial charge in [-0.15, -0.1) is 11.8 Å². The first-order chi connectivity index (χ1) is 9.95. The fourth-order valence-electron chi connectivity index (χ4n) is 2.00. The van der Waals surface area contributed by atoms with Gasteiger partial charge in [0.25, 0.3) is 5.56 Å². The maximum Gasteiger partial charge on any atom is 0.265 e. The number of halogens is 1. The molecule has 2 rings (SSSR count). The summed E-state index contributed by atoms with van der Waals surface area (Å²) in [5.41, 5.74) is 1.98. The van der Waals surface area contributed by atoms with Gasteiger partial charge in [0, 0.05) is 4.90 Å². The molecule has 1 aromatic heterocycles. The van der Waals surface area contributed by atoms with Crippen molar-refractivity contribution in [2.45, 2.75) is 37.8 Å². The SMILES string of the molecule is Cc1cccc(SCc2nc(CC(C)C)c(Br)c(=O)[nH]2)c1. The lowest BCUT2D eigenvalue weighted by molar-refractivity contribution is 0.628. The largest absolute Gasteiger partial charge is 0.309 e. The monoisotopic (exact) mass is 366 g/mol. The molecule has 0 fully saturated rings. The van der Waals surface area contributed by atoms with Crippen molar-refractivity contribution < 1.29 is 0 Å². The van der Waals surface area contributed by atoms with E-state index in [0.29, 0.717) is 16.1 Å². The predicted molar refractivity (Wildman–Crippen MR) is 91.8 cm³/mol. The van der Waals surface area contributed by atoms with E-state index in [-0.39, 0.29) is 5.56 Å². The first-order valence-corrected chi connectivity index (χ1v) is 8.70. The van der Waals surface area contributed by atoms with Crippen molar-refractivity contribution in [3.63, 3.8) is 0 Å². The number of thioether (sulfide) groups is 1. The second-order valence-electron chi connectivity index (χ2n) is 5.48. The van der Waals surface area contributed by atoms with Crippen molar-refractivity contribution in [2.24, 2.45) is 5.92 Å².